The molecule has 1 aliphatic carbocycles. The van der Waals surface area contributed by atoms with Gasteiger partial charge >= 0.3 is 0 Å². The summed E-state index contributed by atoms with van der Waals surface area (Å²) in [4.78, 5) is 29.5. The number of hydrogen-bond acceptors (Lipinski definition) is 4. The smallest absolute Gasteiger partial charge is 0.243 e. The lowest BCUT2D eigenvalue weighted by molar-refractivity contribution is -0.141. The highest BCUT2D eigenvalue weighted by molar-refractivity contribution is 6.35. The van der Waals surface area contributed by atoms with Crippen LogP contribution in [0, 0.1) is 0 Å². The van der Waals surface area contributed by atoms with Gasteiger partial charge in [-0.1, -0.05) is 78.5 Å². The third-order valence-electron chi connectivity index (χ3n) is 7.56. The molecule has 0 bridgehead atoms. The molecule has 40 heavy (non-hydrogen) atoms. The topological polar surface area (TPSA) is 67.9 Å². The molecule has 3 aromatic carbocycles. The first-order chi connectivity index (χ1) is 19.5. The third kappa shape index (κ3) is 7.29. The van der Waals surface area contributed by atoms with E-state index in [9.17, 15) is 9.59 Å². The highest BCUT2D eigenvalue weighted by Crippen LogP contribution is 2.31. The van der Waals surface area contributed by atoms with Gasteiger partial charge in [0.15, 0.2) is 11.5 Å². The molecule has 0 saturated heterocycles. The minimum atomic E-state index is -0.692. The summed E-state index contributed by atoms with van der Waals surface area (Å²) in [5, 5.41) is 4.22. The van der Waals surface area contributed by atoms with Crippen LogP contribution in [-0.4, -0.2) is 42.0 Å². The lowest BCUT2D eigenvalue weighted by atomic mass is 10.0. The van der Waals surface area contributed by atoms with E-state index in [0.717, 1.165) is 42.4 Å². The summed E-state index contributed by atoms with van der Waals surface area (Å²) < 4.78 is 11.4. The largest absolute Gasteiger partial charge is 0.486 e. The van der Waals surface area contributed by atoms with Gasteiger partial charge in [-0.05, 0) is 60.2 Å². The van der Waals surface area contributed by atoms with Crippen LogP contribution in [0.5, 0.6) is 11.5 Å². The molecular weight excluding hydrogens is 547 g/mol. The van der Waals surface area contributed by atoms with Gasteiger partial charge in [0.2, 0.25) is 11.8 Å². The maximum absolute atomic E-state index is 14.0. The van der Waals surface area contributed by atoms with Crippen molar-refractivity contribution in [3.05, 3.63) is 93.5 Å². The molecule has 1 atom stereocenters. The molecule has 8 heteroatoms. The molecule has 1 heterocycles. The standard InChI is InChI=1S/C32H34Cl2N2O4/c33-25-13-12-24(27(34)20-25)21-36(31(37)15-11-23-10-14-29-30(19-23)40-17-16-39-29)28(18-22-6-2-1-3-7-22)32(38)35-26-8-4-5-9-26/h1-3,6-7,10,12-14,19-20,26,28H,4-5,8-9,11,15-18,21H2,(H,35,38)/t28-/m1/s1. The molecule has 210 valence electrons. The summed E-state index contributed by atoms with van der Waals surface area (Å²) in [6.45, 7) is 1.23. The van der Waals surface area contributed by atoms with Crippen molar-refractivity contribution >= 4 is 35.0 Å². The number of benzene rings is 3. The molecule has 0 spiro atoms. The zero-order valence-corrected chi connectivity index (χ0v) is 23.9. The fourth-order valence-corrected chi connectivity index (χ4v) is 5.86. The van der Waals surface area contributed by atoms with E-state index in [4.69, 9.17) is 32.7 Å². The van der Waals surface area contributed by atoms with Crippen LogP contribution in [-0.2, 0) is 29.0 Å². The summed E-state index contributed by atoms with van der Waals surface area (Å²) in [6.07, 6.45) is 5.27. The predicted molar refractivity (Wildman–Crippen MR) is 157 cm³/mol. The van der Waals surface area contributed by atoms with E-state index < -0.39 is 6.04 Å². The minimum absolute atomic E-state index is 0.122. The van der Waals surface area contributed by atoms with Gasteiger partial charge in [0.05, 0.1) is 0 Å². The number of nitrogens with one attached hydrogen (secondary N) is 1. The quantitative estimate of drug-likeness (QED) is 0.301. The predicted octanol–water partition coefficient (Wildman–Crippen LogP) is 6.40. The lowest BCUT2D eigenvalue weighted by Crippen LogP contribution is -2.52. The first kappa shape index (κ1) is 28.3. The van der Waals surface area contributed by atoms with Crippen molar-refractivity contribution < 1.29 is 19.1 Å². The van der Waals surface area contributed by atoms with Gasteiger partial charge in [-0.3, -0.25) is 9.59 Å². The minimum Gasteiger partial charge on any atom is -0.486 e. The van der Waals surface area contributed by atoms with Crippen LogP contribution < -0.4 is 14.8 Å². The normalized spacial score (nSPS) is 15.4. The molecule has 1 saturated carbocycles. The summed E-state index contributed by atoms with van der Waals surface area (Å²) >= 11 is 12.7. The van der Waals surface area contributed by atoms with Crippen molar-refractivity contribution in [3.8, 4) is 11.5 Å². The Bertz CT molecular complexity index is 1330. The maximum Gasteiger partial charge on any atom is 0.243 e. The van der Waals surface area contributed by atoms with Gasteiger partial charge in [-0.2, -0.15) is 0 Å². The summed E-state index contributed by atoms with van der Waals surface area (Å²) in [5.74, 6) is 1.16. The van der Waals surface area contributed by atoms with E-state index in [2.05, 4.69) is 5.32 Å². The lowest BCUT2D eigenvalue weighted by Gasteiger charge is -2.33. The summed E-state index contributed by atoms with van der Waals surface area (Å²) in [7, 11) is 0. The Morgan fingerprint density at radius 1 is 0.900 bits per heavy atom. The van der Waals surface area contributed by atoms with E-state index >= 15 is 0 Å². The number of carbonyl (C=O) groups is 2. The van der Waals surface area contributed by atoms with E-state index in [-0.39, 0.29) is 30.8 Å². The average molecular weight is 582 g/mol. The average Bonchev–Trinajstić information content (AvgIpc) is 3.48. The molecule has 2 aliphatic rings. The zero-order valence-electron chi connectivity index (χ0n) is 22.4. The molecule has 1 aliphatic heterocycles. The number of carbonyl (C=O) groups excluding carboxylic acids is 2. The molecule has 3 aromatic rings. The number of aryl methyl sites for hydroxylation is 1. The van der Waals surface area contributed by atoms with Crippen molar-refractivity contribution in [2.75, 3.05) is 13.2 Å². The van der Waals surface area contributed by atoms with Crippen LogP contribution in [0.25, 0.3) is 0 Å². The van der Waals surface area contributed by atoms with Gasteiger partial charge in [0.25, 0.3) is 0 Å². The summed E-state index contributed by atoms with van der Waals surface area (Å²) in [6, 6.07) is 20.3. The van der Waals surface area contributed by atoms with Crippen LogP contribution in [0.2, 0.25) is 10.0 Å². The molecular formula is C32H34Cl2N2O4. The van der Waals surface area contributed by atoms with Crippen LogP contribution in [0.1, 0.15) is 48.8 Å². The van der Waals surface area contributed by atoms with E-state index in [0.29, 0.717) is 47.6 Å². The fraction of sp³-hybridized carbons (Fsp3) is 0.375. The van der Waals surface area contributed by atoms with Gasteiger partial charge in [-0.25, -0.2) is 0 Å². The molecule has 1 fully saturated rings. The Hall–Kier alpha value is -3.22. The molecule has 5 rings (SSSR count). The van der Waals surface area contributed by atoms with Crippen LogP contribution >= 0.6 is 23.2 Å². The summed E-state index contributed by atoms with van der Waals surface area (Å²) in [5.41, 5.74) is 2.70. The number of amides is 2. The van der Waals surface area contributed by atoms with Crippen molar-refractivity contribution in [1.29, 1.82) is 0 Å². The second-order valence-electron chi connectivity index (χ2n) is 10.4. The van der Waals surface area contributed by atoms with Crippen molar-refractivity contribution in [2.45, 2.75) is 63.6 Å². The van der Waals surface area contributed by atoms with E-state index in [1.807, 2.05) is 54.6 Å². The molecule has 0 unspecified atom stereocenters. The van der Waals surface area contributed by atoms with Gasteiger partial charge < -0.3 is 19.7 Å². The molecule has 0 radical (unpaired) electrons. The number of fused-ring (bicyclic) bond motifs is 1. The number of ether oxygens (including phenoxy) is 2. The third-order valence-corrected chi connectivity index (χ3v) is 8.15. The highest BCUT2D eigenvalue weighted by Gasteiger charge is 2.32. The van der Waals surface area contributed by atoms with Crippen molar-refractivity contribution in [3.63, 3.8) is 0 Å². The Morgan fingerprint density at radius 2 is 1.65 bits per heavy atom. The second-order valence-corrected chi connectivity index (χ2v) is 11.3. The van der Waals surface area contributed by atoms with Crippen LogP contribution in [0.15, 0.2) is 66.7 Å². The second kappa shape index (κ2) is 13.4. The Balaban J connectivity index is 1.41. The SMILES string of the molecule is O=C(NC1CCCC1)[C@@H](Cc1ccccc1)N(Cc1ccc(Cl)cc1Cl)C(=O)CCc1ccc2c(c1)OCCO2. The van der Waals surface area contributed by atoms with Crippen LogP contribution in [0.4, 0.5) is 0 Å². The monoisotopic (exact) mass is 580 g/mol. The first-order valence-corrected chi connectivity index (χ1v) is 14.7. The highest BCUT2D eigenvalue weighted by atomic mass is 35.5. The molecule has 6 nitrogen and oxygen atoms in total. The zero-order chi connectivity index (χ0) is 27.9. The molecule has 0 aromatic heterocycles. The number of halogens is 2. The van der Waals surface area contributed by atoms with Crippen molar-refractivity contribution in [1.82, 2.24) is 10.2 Å². The Kier molecular flexibility index (Phi) is 9.50. The maximum atomic E-state index is 14.0. The van der Waals surface area contributed by atoms with Crippen molar-refractivity contribution in [2.24, 2.45) is 0 Å². The number of nitrogens with zero attached hydrogens (tertiary/aromatic N) is 1. The van der Waals surface area contributed by atoms with Gasteiger partial charge in [-0.15, -0.1) is 0 Å². The fourth-order valence-electron chi connectivity index (χ4n) is 5.39. The number of hydrogen-bond donors (Lipinski definition) is 1. The molecule has 2 amide bonds. The van der Waals surface area contributed by atoms with Gasteiger partial charge in [0.1, 0.15) is 19.3 Å². The Morgan fingerprint density at radius 3 is 2.40 bits per heavy atom. The van der Waals surface area contributed by atoms with E-state index in [1.54, 1.807) is 17.0 Å². The van der Waals surface area contributed by atoms with Gasteiger partial charge in [0, 0.05) is 35.5 Å². The first-order valence-electron chi connectivity index (χ1n) is 13.9. The Labute approximate surface area is 245 Å². The number of rotatable bonds is 10. The van der Waals surface area contributed by atoms with Crippen LogP contribution in [0.3, 0.4) is 0 Å². The van der Waals surface area contributed by atoms with E-state index in [1.165, 1.54) is 0 Å². The molecule has 1 N–H and O–H groups in total.